The molecule has 1 fully saturated rings. The van der Waals surface area contributed by atoms with Gasteiger partial charge in [-0.25, -0.2) is 8.42 Å². The summed E-state index contributed by atoms with van der Waals surface area (Å²) in [5, 5.41) is 2.29. The van der Waals surface area contributed by atoms with Crippen LogP contribution in [0.4, 0.5) is 0 Å². The van der Waals surface area contributed by atoms with E-state index >= 15 is 0 Å². The third-order valence-corrected chi connectivity index (χ3v) is 9.45. The summed E-state index contributed by atoms with van der Waals surface area (Å²) < 4.78 is 30.7. The molecule has 0 bridgehead atoms. The Morgan fingerprint density at radius 2 is 1.85 bits per heavy atom. The van der Waals surface area contributed by atoms with Crippen LogP contribution >= 0.6 is 11.3 Å². The first-order valence-electron chi connectivity index (χ1n) is 11.6. The standard InChI is InChI=1S/C26H27N3O3S2/c1-3-29-23-15-12-19-8-4-5-9-22(19)24(23)33-26(29)27-25(30)20-10-13-21(14-11-20)34(31,32)28-16-6-7-18(2)17-28/h4-5,8-15,18H,3,6-7,16-17H2,1-2H3. The Morgan fingerprint density at radius 3 is 2.59 bits per heavy atom. The Balaban J connectivity index is 1.48. The zero-order valence-corrected chi connectivity index (χ0v) is 20.9. The Bertz CT molecular complexity index is 1550. The average molecular weight is 494 g/mol. The molecule has 2 heterocycles. The molecule has 1 unspecified atom stereocenters. The van der Waals surface area contributed by atoms with Gasteiger partial charge in [0.1, 0.15) is 0 Å². The molecule has 5 rings (SSSR count). The Labute approximate surface area is 203 Å². The number of fused-ring (bicyclic) bond motifs is 3. The van der Waals surface area contributed by atoms with Crippen molar-refractivity contribution in [2.75, 3.05) is 13.1 Å². The maximum atomic E-state index is 13.0. The van der Waals surface area contributed by atoms with E-state index in [0.717, 1.165) is 33.8 Å². The van der Waals surface area contributed by atoms with Gasteiger partial charge in [0.05, 0.1) is 15.1 Å². The van der Waals surface area contributed by atoms with Gasteiger partial charge in [-0.15, -0.1) is 0 Å². The van der Waals surface area contributed by atoms with Crippen LogP contribution in [0.15, 0.2) is 70.6 Å². The average Bonchev–Trinajstić information content (AvgIpc) is 3.21. The van der Waals surface area contributed by atoms with Crippen LogP contribution in [0, 0.1) is 5.92 Å². The molecule has 0 radical (unpaired) electrons. The maximum absolute atomic E-state index is 13.0. The van der Waals surface area contributed by atoms with Crippen LogP contribution in [0.1, 0.15) is 37.0 Å². The lowest BCUT2D eigenvalue weighted by Gasteiger charge is -2.30. The van der Waals surface area contributed by atoms with E-state index in [1.807, 2.05) is 23.6 Å². The third kappa shape index (κ3) is 4.10. The molecular formula is C26H27N3O3S2. The molecular weight excluding hydrogens is 466 g/mol. The van der Waals surface area contributed by atoms with Gasteiger partial charge in [0.15, 0.2) is 4.80 Å². The summed E-state index contributed by atoms with van der Waals surface area (Å²) in [6, 6.07) is 18.5. The number of rotatable bonds is 4. The summed E-state index contributed by atoms with van der Waals surface area (Å²) in [7, 11) is -3.56. The van der Waals surface area contributed by atoms with Crippen molar-refractivity contribution in [2.24, 2.45) is 10.9 Å². The fraction of sp³-hybridized carbons (Fsp3) is 0.308. The first-order valence-corrected chi connectivity index (χ1v) is 13.8. The van der Waals surface area contributed by atoms with Gasteiger partial charge < -0.3 is 4.57 Å². The van der Waals surface area contributed by atoms with Crippen molar-refractivity contribution in [3.05, 3.63) is 71.0 Å². The molecule has 1 saturated heterocycles. The number of aryl methyl sites for hydroxylation is 1. The highest BCUT2D eigenvalue weighted by Gasteiger charge is 2.28. The van der Waals surface area contributed by atoms with Gasteiger partial charge in [-0.05, 0) is 61.4 Å². The van der Waals surface area contributed by atoms with E-state index in [-0.39, 0.29) is 10.8 Å². The minimum atomic E-state index is -3.56. The molecule has 3 aromatic carbocycles. The SMILES string of the molecule is CCn1c(=NC(=O)c2ccc(S(=O)(=O)N3CCCC(C)C3)cc2)sc2c3ccccc3ccc21. The van der Waals surface area contributed by atoms with E-state index in [4.69, 9.17) is 0 Å². The van der Waals surface area contributed by atoms with Gasteiger partial charge in [0, 0.05) is 30.6 Å². The second-order valence-electron chi connectivity index (χ2n) is 8.82. The van der Waals surface area contributed by atoms with Crippen LogP contribution in [0.25, 0.3) is 21.0 Å². The number of amides is 1. The number of aromatic nitrogens is 1. The normalized spacial score (nSPS) is 18.1. The highest BCUT2D eigenvalue weighted by atomic mass is 32.2. The van der Waals surface area contributed by atoms with E-state index in [0.29, 0.717) is 35.9 Å². The molecule has 1 aliphatic rings. The van der Waals surface area contributed by atoms with Crippen molar-refractivity contribution in [1.82, 2.24) is 8.87 Å². The number of nitrogens with zero attached hydrogens (tertiary/aromatic N) is 3. The Hall–Kier alpha value is -2.81. The zero-order valence-electron chi connectivity index (χ0n) is 19.3. The maximum Gasteiger partial charge on any atom is 0.279 e. The summed E-state index contributed by atoms with van der Waals surface area (Å²) in [6.45, 7) is 5.88. The smallest absolute Gasteiger partial charge is 0.279 e. The van der Waals surface area contributed by atoms with Crippen molar-refractivity contribution in [1.29, 1.82) is 0 Å². The fourth-order valence-electron chi connectivity index (χ4n) is 4.62. The van der Waals surface area contributed by atoms with Gasteiger partial charge in [-0.1, -0.05) is 48.6 Å². The molecule has 34 heavy (non-hydrogen) atoms. The topological polar surface area (TPSA) is 71.7 Å². The van der Waals surface area contributed by atoms with E-state index in [2.05, 4.69) is 36.2 Å². The molecule has 0 spiro atoms. The predicted molar refractivity (Wildman–Crippen MR) is 136 cm³/mol. The summed E-state index contributed by atoms with van der Waals surface area (Å²) in [6.07, 6.45) is 1.92. The molecule has 176 valence electrons. The molecule has 1 amide bonds. The minimum absolute atomic E-state index is 0.218. The predicted octanol–water partition coefficient (Wildman–Crippen LogP) is 5.04. The molecule has 4 aromatic rings. The number of carbonyl (C=O) groups is 1. The lowest BCUT2D eigenvalue weighted by molar-refractivity contribution is 0.0997. The number of hydrogen-bond donors (Lipinski definition) is 0. The van der Waals surface area contributed by atoms with Crippen molar-refractivity contribution in [3.8, 4) is 0 Å². The number of benzene rings is 3. The van der Waals surface area contributed by atoms with Gasteiger partial charge in [0.2, 0.25) is 10.0 Å². The Morgan fingerprint density at radius 1 is 1.09 bits per heavy atom. The second kappa shape index (κ2) is 9.09. The van der Waals surface area contributed by atoms with Crippen LogP contribution in [-0.2, 0) is 16.6 Å². The largest absolute Gasteiger partial charge is 0.317 e. The highest BCUT2D eigenvalue weighted by Crippen LogP contribution is 2.28. The Kier molecular flexibility index (Phi) is 6.14. The van der Waals surface area contributed by atoms with Crippen molar-refractivity contribution in [3.63, 3.8) is 0 Å². The molecule has 1 aliphatic heterocycles. The van der Waals surface area contributed by atoms with Crippen LogP contribution in [-0.4, -0.2) is 36.3 Å². The molecule has 6 nitrogen and oxygen atoms in total. The van der Waals surface area contributed by atoms with Crippen LogP contribution in [0.3, 0.4) is 0 Å². The van der Waals surface area contributed by atoms with Crippen molar-refractivity contribution < 1.29 is 13.2 Å². The molecule has 1 atom stereocenters. The molecule has 0 N–H and O–H groups in total. The lowest BCUT2D eigenvalue weighted by Crippen LogP contribution is -2.39. The summed E-state index contributed by atoms with van der Waals surface area (Å²) in [5.74, 6) is -0.0273. The molecule has 1 aromatic heterocycles. The van der Waals surface area contributed by atoms with Gasteiger partial charge >= 0.3 is 0 Å². The summed E-state index contributed by atoms with van der Waals surface area (Å²) in [5.41, 5.74) is 1.42. The number of thiazole rings is 1. The van der Waals surface area contributed by atoms with Crippen LogP contribution in [0.5, 0.6) is 0 Å². The van der Waals surface area contributed by atoms with E-state index in [9.17, 15) is 13.2 Å². The zero-order chi connectivity index (χ0) is 23.9. The molecule has 8 heteroatoms. The molecule has 0 aliphatic carbocycles. The van der Waals surface area contributed by atoms with Gasteiger partial charge in [-0.3, -0.25) is 4.79 Å². The van der Waals surface area contributed by atoms with Crippen LogP contribution in [0.2, 0.25) is 0 Å². The van der Waals surface area contributed by atoms with E-state index < -0.39 is 10.0 Å². The monoisotopic (exact) mass is 493 g/mol. The number of carbonyl (C=O) groups excluding carboxylic acids is 1. The van der Waals surface area contributed by atoms with E-state index in [1.165, 1.54) is 23.5 Å². The van der Waals surface area contributed by atoms with Crippen LogP contribution < -0.4 is 4.80 Å². The van der Waals surface area contributed by atoms with Gasteiger partial charge in [-0.2, -0.15) is 9.30 Å². The number of piperidine rings is 1. The minimum Gasteiger partial charge on any atom is -0.317 e. The summed E-state index contributed by atoms with van der Waals surface area (Å²) in [4.78, 5) is 18.3. The molecule has 0 saturated carbocycles. The third-order valence-electron chi connectivity index (χ3n) is 6.45. The number of sulfonamides is 1. The first-order chi connectivity index (χ1) is 16.4. The quantitative estimate of drug-likeness (QED) is 0.400. The lowest BCUT2D eigenvalue weighted by atomic mass is 10.0. The first kappa shape index (κ1) is 23.0. The fourth-order valence-corrected chi connectivity index (χ4v) is 7.45. The summed E-state index contributed by atoms with van der Waals surface area (Å²) >= 11 is 1.50. The second-order valence-corrected chi connectivity index (χ2v) is 11.7. The van der Waals surface area contributed by atoms with E-state index in [1.54, 1.807) is 16.4 Å². The van der Waals surface area contributed by atoms with Gasteiger partial charge in [0.25, 0.3) is 5.91 Å². The van der Waals surface area contributed by atoms with Crippen molar-refractivity contribution >= 4 is 48.3 Å². The highest BCUT2D eigenvalue weighted by molar-refractivity contribution is 7.89. The van der Waals surface area contributed by atoms with Crippen molar-refractivity contribution in [2.45, 2.75) is 38.1 Å². The number of hydrogen-bond acceptors (Lipinski definition) is 4.